The van der Waals surface area contributed by atoms with Crippen LogP contribution in [0, 0.1) is 43.5 Å². The Bertz CT molecular complexity index is 1930. The molecular weight excluding hydrogens is 734 g/mol. The highest BCUT2D eigenvalue weighted by Gasteiger charge is 2.41. The van der Waals surface area contributed by atoms with Crippen LogP contribution in [0.1, 0.15) is 41.6 Å². The van der Waals surface area contributed by atoms with Gasteiger partial charge in [-0.1, -0.05) is 23.2 Å². The molecule has 0 radical (unpaired) electrons. The number of hydrogen-bond donors (Lipinski definition) is 0. The number of benzene rings is 4. The highest BCUT2D eigenvalue weighted by atomic mass is 35.5. The van der Waals surface area contributed by atoms with Crippen molar-refractivity contribution in [2.24, 2.45) is 0 Å². The Hall–Kier alpha value is -4.83. The van der Waals surface area contributed by atoms with Crippen LogP contribution in [0.25, 0.3) is 0 Å². The van der Waals surface area contributed by atoms with E-state index in [2.05, 4.69) is 0 Å². The zero-order valence-corrected chi connectivity index (χ0v) is 27.5. The van der Waals surface area contributed by atoms with Crippen LogP contribution in [0.4, 0.5) is 59.2 Å². The van der Waals surface area contributed by atoms with Crippen molar-refractivity contribution in [3.05, 3.63) is 131 Å². The minimum Gasteiger partial charge on any atom is -0.368 e. The number of halogens is 9. The number of anilines is 3. The molecule has 0 bridgehead atoms. The van der Waals surface area contributed by atoms with Crippen molar-refractivity contribution in [2.45, 2.75) is 31.1 Å². The molecule has 9 nitrogen and oxygen atoms in total. The molecular formula is C33H24Cl2F7N5O4. The first-order valence-electron chi connectivity index (χ1n) is 15.3. The fourth-order valence-corrected chi connectivity index (χ4v) is 7.17. The molecule has 2 unspecified atom stereocenters. The first-order chi connectivity index (χ1) is 24.0. The van der Waals surface area contributed by atoms with E-state index in [1.807, 2.05) is 0 Å². The fraction of sp³-hybridized carbons (Fsp3) is 0.273. The molecule has 4 aromatic carbocycles. The number of rotatable bonds is 7. The molecule has 18 heteroatoms. The summed E-state index contributed by atoms with van der Waals surface area (Å²) in [7, 11) is 0. The predicted octanol–water partition coefficient (Wildman–Crippen LogP) is 9.79. The lowest BCUT2D eigenvalue weighted by Crippen LogP contribution is -2.47. The van der Waals surface area contributed by atoms with E-state index < -0.39 is 84.0 Å². The van der Waals surface area contributed by atoms with Crippen LogP contribution in [0.2, 0.25) is 10.0 Å². The third-order valence-electron chi connectivity index (χ3n) is 9.08. The van der Waals surface area contributed by atoms with Crippen molar-refractivity contribution >= 4 is 51.6 Å². The minimum absolute atomic E-state index is 0.0207. The Morgan fingerprint density at radius 3 is 1.47 bits per heavy atom. The number of nitrogens with zero attached hydrogens (tertiary/aromatic N) is 5. The van der Waals surface area contributed by atoms with Gasteiger partial charge in [0.25, 0.3) is 11.4 Å². The molecule has 2 atom stereocenters. The lowest BCUT2D eigenvalue weighted by molar-refractivity contribution is -0.384. The van der Waals surface area contributed by atoms with E-state index >= 15 is 17.6 Å². The second kappa shape index (κ2) is 13.7. The van der Waals surface area contributed by atoms with Gasteiger partial charge in [0.15, 0.2) is 11.6 Å². The molecule has 0 saturated carbocycles. The molecule has 51 heavy (non-hydrogen) atoms. The van der Waals surface area contributed by atoms with E-state index in [9.17, 15) is 33.4 Å². The second-order valence-corrected chi connectivity index (χ2v) is 12.8. The standard InChI is InChI=1S/C33H24Cl2F7N5O4/c34-22-15-24(36)20(13-30(22)46(48)49)28-5-6-29(21-14-31(47(50)51)23(35)16-25(21)37)45(28)19-11-26(38)32(27(39)12-19)44-9-7-43(8-10-44)18-3-1-17(2-4-18)33(40,41)42/h1-4,11-16,28-29H,5-10H2. The number of hydrogen-bond acceptors (Lipinski definition) is 7. The Morgan fingerprint density at radius 2 is 1.06 bits per heavy atom. The average molecular weight is 758 g/mol. The van der Waals surface area contributed by atoms with Gasteiger partial charge in [-0.15, -0.1) is 0 Å². The van der Waals surface area contributed by atoms with Crippen LogP contribution in [-0.2, 0) is 6.18 Å². The molecule has 0 N–H and O–H groups in total. The summed E-state index contributed by atoms with van der Waals surface area (Å²) in [6.45, 7) is 0.599. The van der Waals surface area contributed by atoms with Crippen molar-refractivity contribution in [3.8, 4) is 0 Å². The van der Waals surface area contributed by atoms with Gasteiger partial charge in [0.05, 0.1) is 27.5 Å². The van der Waals surface area contributed by atoms with Gasteiger partial charge in [-0.3, -0.25) is 20.2 Å². The van der Waals surface area contributed by atoms with Crippen LogP contribution in [0.5, 0.6) is 0 Å². The Balaban J connectivity index is 1.36. The highest BCUT2D eigenvalue weighted by Crippen LogP contribution is 2.50. The van der Waals surface area contributed by atoms with Crippen molar-refractivity contribution < 1.29 is 40.6 Å². The third kappa shape index (κ3) is 6.94. The summed E-state index contributed by atoms with van der Waals surface area (Å²) in [6.07, 6.45) is -4.55. The van der Waals surface area contributed by atoms with Crippen LogP contribution < -0.4 is 14.7 Å². The topological polar surface area (TPSA) is 96.0 Å². The molecule has 2 fully saturated rings. The summed E-state index contributed by atoms with van der Waals surface area (Å²) < 4.78 is 102. The molecule has 2 aliphatic rings. The monoisotopic (exact) mass is 757 g/mol. The number of nitro benzene ring substituents is 2. The van der Waals surface area contributed by atoms with E-state index in [1.54, 1.807) is 4.90 Å². The van der Waals surface area contributed by atoms with Crippen LogP contribution >= 0.6 is 23.2 Å². The molecule has 2 heterocycles. The number of alkyl halides is 3. The zero-order valence-electron chi connectivity index (χ0n) is 25.9. The summed E-state index contributed by atoms with van der Waals surface area (Å²) in [5, 5.41) is 22.3. The summed E-state index contributed by atoms with van der Waals surface area (Å²) in [4.78, 5) is 26.1. The quantitative estimate of drug-likeness (QED) is 0.105. The largest absolute Gasteiger partial charge is 0.416 e. The van der Waals surface area contributed by atoms with E-state index in [0.717, 1.165) is 48.5 Å². The molecule has 0 aromatic heterocycles. The van der Waals surface area contributed by atoms with E-state index in [1.165, 1.54) is 21.9 Å². The van der Waals surface area contributed by atoms with E-state index in [4.69, 9.17) is 23.2 Å². The van der Waals surface area contributed by atoms with Gasteiger partial charge in [-0.25, -0.2) is 17.6 Å². The maximum Gasteiger partial charge on any atom is 0.416 e. The minimum atomic E-state index is -4.50. The summed E-state index contributed by atoms with van der Waals surface area (Å²) in [5.74, 6) is -4.07. The summed E-state index contributed by atoms with van der Waals surface area (Å²) >= 11 is 11.8. The SMILES string of the molecule is O=[N+]([O-])c1cc(C2CCC(c3cc([N+](=O)[O-])c(Cl)cc3F)N2c2cc(F)c(N3CCN(c4ccc(C(F)(F)F)cc4)CC3)c(F)c2)c(F)cc1Cl. The Kier molecular flexibility index (Phi) is 9.67. The molecule has 6 rings (SSSR count). The molecule has 2 aliphatic heterocycles. The Morgan fingerprint density at radius 1 is 0.627 bits per heavy atom. The van der Waals surface area contributed by atoms with Gasteiger partial charge in [0.2, 0.25) is 0 Å². The number of nitro groups is 2. The molecule has 4 aromatic rings. The van der Waals surface area contributed by atoms with E-state index in [0.29, 0.717) is 5.69 Å². The third-order valence-corrected chi connectivity index (χ3v) is 9.69. The summed E-state index contributed by atoms with van der Waals surface area (Å²) in [5.41, 5.74) is -2.79. The van der Waals surface area contributed by atoms with Crippen molar-refractivity contribution in [3.63, 3.8) is 0 Å². The maximum atomic E-state index is 16.0. The van der Waals surface area contributed by atoms with Crippen molar-refractivity contribution in [1.29, 1.82) is 0 Å². The summed E-state index contributed by atoms with van der Waals surface area (Å²) in [6, 6.07) is 7.28. The Labute approximate surface area is 294 Å². The van der Waals surface area contributed by atoms with Gasteiger partial charge in [0.1, 0.15) is 27.4 Å². The first-order valence-corrected chi connectivity index (χ1v) is 16.0. The predicted molar refractivity (Wildman–Crippen MR) is 176 cm³/mol. The van der Waals surface area contributed by atoms with Crippen molar-refractivity contribution in [2.75, 3.05) is 40.9 Å². The average Bonchev–Trinajstić information content (AvgIpc) is 3.48. The van der Waals surface area contributed by atoms with Crippen LogP contribution in [0.3, 0.4) is 0 Å². The lowest BCUT2D eigenvalue weighted by Gasteiger charge is -2.38. The lowest BCUT2D eigenvalue weighted by atomic mass is 10.0. The first kappa shape index (κ1) is 36.0. The number of piperazine rings is 1. The van der Waals surface area contributed by atoms with Gasteiger partial charge >= 0.3 is 6.18 Å². The maximum absolute atomic E-state index is 16.0. The van der Waals surface area contributed by atoms with Crippen molar-refractivity contribution in [1.82, 2.24) is 0 Å². The fourth-order valence-electron chi connectivity index (χ4n) is 6.73. The molecule has 268 valence electrons. The molecule has 2 saturated heterocycles. The molecule has 0 spiro atoms. The van der Waals surface area contributed by atoms with Crippen LogP contribution in [0.15, 0.2) is 60.7 Å². The smallest absolute Gasteiger partial charge is 0.368 e. The van der Waals surface area contributed by atoms with Gasteiger partial charge in [-0.2, -0.15) is 13.2 Å². The van der Waals surface area contributed by atoms with Gasteiger partial charge < -0.3 is 14.7 Å². The normalized spacial score (nSPS) is 18.0. The zero-order chi connectivity index (χ0) is 36.9. The van der Waals surface area contributed by atoms with Gasteiger partial charge in [-0.05, 0) is 61.4 Å². The van der Waals surface area contributed by atoms with E-state index in [-0.39, 0.29) is 55.8 Å². The van der Waals surface area contributed by atoms with Crippen LogP contribution in [-0.4, -0.2) is 36.0 Å². The molecule has 0 amide bonds. The van der Waals surface area contributed by atoms with Gasteiger partial charge in [0, 0.05) is 60.8 Å². The highest BCUT2D eigenvalue weighted by molar-refractivity contribution is 6.33. The second-order valence-electron chi connectivity index (χ2n) is 12.0. The molecule has 0 aliphatic carbocycles.